The van der Waals surface area contributed by atoms with Crippen LogP contribution >= 0.6 is 0 Å². The van der Waals surface area contributed by atoms with E-state index in [4.69, 9.17) is 0 Å². The summed E-state index contributed by atoms with van der Waals surface area (Å²) in [5.41, 5.74) is 4.45. The van der Waals surface area contributed by atoms with Crippen LogP contribution in [0.5, 0.6) is 0 Å². The SMILES string of the molecule is CCC1Cc2ccc(C)cc2C(C(C)C)N1. The Labute approximate surface area is 99.3 Å². The number of hydrogen-bond acceptors (Lipinski definition) is 1. The Kier molecular flexibility index (Phi) is 3.34. The van der Waals surface area contributed by atoms with Crippen molar-refractivity contribution in [3.8, 4) is 0 Å². The van der Waals surface area contributed by atoms with Gasteiger partial charge in [0, 0.05) is 12.1 Å². The summed E-state index contributed by atoms with van der Waals surface area (Å²) in [6, 6.07) is 8.12. The highest BCUT2D eigenvalue weighted by atomic mass is 15.0. The van der Waals surface area contributed by atoms with Gasteiger partial charge >= 0.3 is 0 Å². The summed E-state index contributed by atoms with van der Waals surface area (Å²) in [6.07, 6.45) is 2.41. The van der Waals surface area contributed by atoms with Crippen molar-refractivity contribution in [3.05, 3.63) is 34.9 Å². The molecule has 1 nitrogen and oxygen atoms in total. The molecule has 2 unspecified atom stereocenters. The smallest absolute Gasteiger partial charge is 0.0348 e. The number of rotatable bonds is 2. The van der Waals surface area contributed by atoms with Crippen molar-refractivity contribution in [2.45, 2.75) is 52.6 Å². The molecular formula is C15H23N. The maximum absolute atomic E-state index is 3.79. The van der Waals surface area contributed by atoms with Crippen LogP contribution in [0.1, 0.15) is 49.9 Å². The second-order valence-electron chi connectivity index (χ2n) is 5.40. The predicted octanol–water partition coefficient (Wildman–Crippen LogP) is 3.62. The Morgan fingerprint density at radius 3 is 2.75 bits per heavy atom. The Hall–Kier alpha value is -0.820. The molecule has 1 aliphatic rings. The molecule has 1 aliphatic heterocycles. The highest BCUT2D eigenvalue weighted by molar-refractivity contribution is 5.36. The van der Waals surface area contributed by atoms with Gasteiger partial charge in [0.1, 0.15) is 0 Å². The van der Waals surface area contributed by atoms with Crippen LogP contribution in [0.4, 0.5) is 0 Å². The summed E-state index contributed by atoms with van der Waals surface area (Å²) in [4.78, 5) is 0. The van der Waals surface area contributed by atoms with E-state index < -0.39 is 0 Å². The third-order valence-electron chi connectivity index (χ3n) is 3.68. The largest absolute Gasteiger partial charge is 0.307 e. The van der Waals surface area contributed by atoms with Crippen molar-refractivity contribution in [2.75, 3.05) is 0 Å². The highest BCUT2D eigenvalue weighted by Gasteiger charge is 2.26. The molecule has 1 aromatic rings. The van der Waals surface area contributed by atoms with Crippen molar-refractivity contribution in [1.82, 2.24) is 5.32 Å². The van der Waals surface area contributed by atoms with Crippen LogP contribution < -0.4 is 5.32 Å². The van der Waals surface area contributed by atoms with E-state index in [9.17, 15) is 0 Å². The minimum atomic E-state index is 0.536. The summed E-state index contributed by atoms with van der Waals surface area (Å²) in [5, 5.41) is 3.79. The fourth-order valence-electron chi connectivity index (χ4n) is 2.67. The third kappa shape index (κ3) is 2.15. The van der Waals surface area contributed by atoms with Gasteiger partial charge < -0.3 is 5.32 Å². The van der Waals surface area contributed by atoms with Gasteiger partial charge in [0.15, 0.2) is 0 Å². The standard InChI is InChI=1S/C15H23N/c1-5-13-9-12-7-6-11(4)8-14(12)15(16-13)10(2)3/h6-8,10,13,15-16H,5,9H2,1-4H3. The van der Waals surface area contributed by atoms with E-state index in [0.29, 0.717) is 18.0 Å². The van der Waals surface area contributed by atoms with Gasteiger partial charge in [-0.25, -0.2) is 0 Å². The number of fused-ring (bicyclic) bond motifs is 1. The molecule has 0 amide bonds. The Bertz CT molecular complexity index is 368. The van der Waals surface area contributed by atoms with Gasteiger partial charge in [-0.05, 0) is 36.8 Å². The molecule has 0 saturated carbocycles. The van der Waals surface area contributed by atoms with Crippen LogP contribution in [0, 0.1) is 12.8 Å². The fraction of sp³-hybridized carbons (Fsp3) is 0.600. The van der Waals surface area contributed by atoms with Gasteiger partial charge in [0.05, 0.1) is 0 Å². The van der Waals surface area contributed by atoms with E-state index in [1.807, 2.05) is 0 Å². The summed E-state index contributed by atoms with van der Waals surface area (Å²) < 4.78 is 0. The van der Waals surface area contributed by atoms with E-state index in [0.717, 1.165) is 0 Å². The Balaban J connectivity index is 2.39. The lowest BCUT2D eigenvalue weighted by Gasteiger charge is -2.35. The molecule has 16 heavy (non-hydrogen) atoms. The molecule has 1 aromatic carbocycles. The molecule has 0 radical (unpaired) electrons. The van der Waals surface area contributed by atoms with Crippen molar-refractivity contribution >= 4 is 0 Å². The molecule has 0 aliphatic carbocycles. The molecule has 88 valence electrons. The zero-order chi connectivity index (χ0) is 11.7. The molecule has 2 rings (SSSR count). The van der Waals surface area contributed by atoms with Crippen LogP contribution in [0.2, 0.25) is 0 Å². The minimum absolute atomic E-state index is 0.536. The first kappa shape index (κ1) is 11.7. The van der Waals surface area contributed by atoms with E-state index >= 15 is 0 Å². The Morgan fingerprint density at radius 1 is 1.38 bits per heavy atom. The molecule has 0 spiro atoms. The van der Waals surface area contributed by atoms with Gasteiger partial charge in [-0.1, -0.05) is 44.5 Å². The van der Waals surface area contributed by atoms with Crippen molar-refractivity contribution in [2.24, 2.45) is 5.92 Å². The van der Waals surface area contributed by atoms with Gasteiger partial charge in [-0.3, -0.25) is 0 Å². The molecule has 0 fully saturated rings. The lowest BCUT2D eigenvalue weighted by atomic mass is 9.83. The quantitative estimate of drug-likeness (QED) is 0.798. The molecule has 0 aromatic heterocycles. The second kappa shape index (κ2) is 4.58. The first-order chi connectivity index (χ1) is 7.61. The normalized spacial score (nSPS) is 24.6. The zero-order valence-corrected chi connectivity index (χ0v) is 10.9. The van der Waals surface area contributed by atoms with E-state index in [1.165, 1.54) is 24.0 Å². The van der Waals surface area contributed by atoms with Crippen LogP contribution in [0.25, 0.3) is 0 Å². The predicted molar refractivity (Wildman–Crippen MR) is 69.7 cm³/mol. The average molecular weight is 217 g/mol. The van der Waals surface area contributed by atoms with E-state index in [2.05, 4.69) is 51.2 Å². The van der Waals surface area contributed by atoms with Crippen molar-refractivity contribution in [1.29, 1.82) is 0 Å². The monoisotopic (exact) mass is 217 g/mol. The second-order valence-corrected chi connectivity index (χ2v) is 5.40. The molecular weight excluding hydrogens is 194 g/mol. The molecule has 0 saturated heterocycles. The lowest BCUT2D eigenvalue weighted by molar-refractivity contribution is 0.328. The summed E-state index contributed by atoms with van der Waals surface area (Å²) in [7, 11) is 0. The number of benzene rings is 1. The molecule has 0 bridgehead atoms. The molecule has 1 heteroatoms. The molecule has 1 N–H and O–H groups in total. The number of aryl methyl sites for hydroxylation is 1. The van der Waals surface area contributed by atoms with E-state index in [-0.39, 0.29) is 0 Å². The van der Waals surface area contributed by atoms with Crippen LogP contribution in [-0.4, -0.2) is 6.04 Å². The van der Waals surface area contributed by atoms with Gasteiger partial charge in [0.25, 0.3) is 0 Å². The Morgan fingerprint density at radius 2 is 2.12 bits per heavy atom. The van der Waals surface area contributed by atoms with Crippen molar-refractivity contribution in [3.63, 3.8) is 0 Å². The summed E-state index contributed by atoms with van der Waals surface area (Å²) in [6.45, 7) is 9.07. The summed E-state index contributed by atoms with van der Waals surface area (Å²) in [5.74, 6) is 0.662. The first-order valence-electron chi connectivity index (χ1n) is 6.47. The molecule has 2 atom stereocenters. The maximum Gasteiger partial charge on any atom is 0.0348 e. The van der Waals surface area contributed by atoms with Gasteiger partial charge in [-0.2, -0.15) is 0 Å². The van der Waals surface area contributed by atoms with Crippen LogP contribution in [0.3, 0.4) is 0 Å². The number of nitrogens with one attached hydrogen (secondary N) is 1. The third-order valence-corrected chi connectivity index (χ3v) is 3.68. The summed E-state index contributed by atoms with van der Waals surface area (Å²) >= 11 is 0. The fourth-order valence-corrected chi connectivity index (χ4v) is 2.67. The maximum atomic E-state index is 3.79. The average Bonchev–Trinajstić information content (AvgIpc) is 2.27. The van der Waals surface area contributed by atoms with Crippen LogP contribution in [0.15, 0.2) is 18.2 Å². The first-order valence-corrected chi connectivity index (χ1v) is 6.47. The number of hydrogen-bond donors (Lipinski definition) is 1. The van der Waals surface area contributed by atoms with Gasteiger partial charge in [-0.15, -0.1) is 0 Å². The van der Waals surface area contributed by atoms with Crippen LogP contribution in [-0.2, 0) is 6.42 Å². The van der Waals surface area contributed by atoms with Crippen molar-refractivity contribution < 1.29 is 0 Å². The minimum Gasteiger partial charge on any atom is -0.307 e. The highest BCUT2D eigenvalue weighted by Crippen LogP contribution is 2.31. The lowest BCUT2D eigenvalue weighted by Crippen LogP contribution is -2.41. The van der Waals surface area contributed by atoms with E-state index in [1.54, 1.807) is 5.56 Å². The zero-order valence-electron chi connectivity index (χ0n) is 10.9. The molecule has 1 heterocycles. The van der Waals surface area contributed by atoms with Gasteiger partial charge in [0.2, 0.25) is 0 Å². The topological polar surface area (TPSA) is 12.0 Å².